The first kappa shape index (κ1) is 105. The molecular weight excluding hydrogens is 1720 g/mol. The first-order valence-corrected chi connectivity index (χ1v) is 38.4. The molecule has 6 aromatic rings. The van der Waals surface area contributed by atoms with Crippen molar-refractivity contribution in [2.75, 3.05) is 72.4 Å². The summed E-state index contributed by atoms with van der Waals surface area (Å²) in [6, 6.07) is 45.9. The van der Waals surface area contributed by atoms with E-state index in [9.17, 15) is 24.6 Å². The van der Waals surface area contributed by atoms with Gasteiger partial charge in [-0.3, -0.25) is 0 Å². The van der Waals surface area contributed by atoms with Crippen LogP contribution in [-0.2, 0) is 41.4 Å². The molecule has 0 aromatic heterocycles. The van der Waals surface area contributed by atoms with Crippen LogP contribution in [-0.4, -0.2) is 155 Å². The van der Waals surface area contributed by atoms with Gasteiger partial charge in [0.25, 0.3) is 0 Å². The van der Waals surface area contributed by atoms with Crippen LogP contribution in [0.1, 0.15) is 162 Å². The smallest absolute Gasteiger partial charge is 0.407 e. The van der Waals surface area contributed by atoms with Crippen molar-refractivity contribution in [3.63, 3.8) is 0 Å². The van der Waals surface area contributed by atoms with E-state index in [1.807, 2.05) is 217 Å². The van der Waals surface area contributed by atoms with Crippen LogP contribution in [0.3, 0.4) is 0 Å². The van der Waals surface area contributed by atoms with Gasteiger partial charge in [-0.25, -0.2) is 14.4 Å². The fourth-order valence-corrected chi connectivity index (χ4v) is 8.98. The first-order chi connectivity index (χ1) is 50.0. The minimum atomic E-state index is -1.35. The van der Waals surface area contributed by atoms with E-state index < -0.39 is 45.7 Å². The Bertz CT molecular complexity index is 3540. The van der Waals surface area contributed by atoms with E-state index in [2.05, 4.69) is 102 Å². The van der Waals surface area contributed by atoms with E-state index in [-0.39, 0.29) is 38.8 Å². The molecule has 12 N–H and O–H groups in total. The number of phenolic OH excluding ortho intramolecular Hbond substituents is 1. The Kier molecular flexibility index (Phi) is 55.2. The van der Waals surface area contributed by atoms with Gasteiger partial charge in [0.15, 0.2) is 11.2 Å². The molecule has 0 radical (unpaired) electrons. The molecule has 604 valence electrons. The van der Waals surface area contributed by atoms with Gasteiger partial charge in [-0.1, -0.05) is 110 Å². The van der Waals surface area contributed by atoms with Crippen LogP contribution >= 0.6 is 67.8 Å². The number of aliphatic hydroxyl groups is 4. The number of ether oxygens (including phenoxy) is 9. The number of rotatable bonds is 27. The number of hydrogen-bond acceptors (Lipinski definition) is 20. The fraction of sp³-hybridized carbons (Fsp3) is 0.488. The van der Waals surface area contributed by atoms with Crippen molar-refractivity contribution < 1.29 is 82.5 Å². The van der Waals surface area contributed by atoms with Gasteiger partial charge >= 0.3 is 18.0 Å². The van der Waals surface area contributed by atoms with Crippen LogP contribution < -0.4 is 46.2 Å². The number of halogens is 3. The van der Waals surface area contributed by atoms with Crippen molar-refractivity contribution in [1.82, 2.24) is 5.32 Å². The molecule has 0 aliphatic rings. The van der Waals surface area contributed by atoms with Gasteiger partial charge in [0.2, 0.25) is 0 Å². The summed E-state index contributed by atoms with van der Waals surface area (Å²) in [5, 5.41) is 48.2. The molecule has 0 spiro atoms. The van der Waals surface area contributed by atoms with Crippen LogP contribution in [0.25, 0.3) is 0 Å². The van der Waals surface area contributed by atoms with Crippen LogP contribution in [0.15, 0.2) is 146 Å². The molecule has 0 bridgehead atoms. The highest BCUT2D eigenvalue weighted by atomic mass is 127. The molecule has 0 aliphatic carbocycles. The molecule has 0 saturated carbocycles. The van der Waals surface area contributed by atoms with Crippen LogP contribution in [0.5, 0.6) is 34.5 Å². The summed E-state index contributed by atoms with van der Waals surface area (Å²) in [6.07, 6.45) is 7.66. The van der Waals surface area contributed by atoms with Gasteiger partial charge in [-0.05, 0) is 296 Å². The molecule has 0 fully saturated rings. The lowest BCUT2D eigenvalue weighted by Gasteiger charge is -2.26. The standard InChI is InChI=1S/C18H29NO4.C13H21NO2.C13H17NO2.C12H15IO3.C12H17IO2.C6H5IO.C6H12O3.C3H5N.CH4/c1-17(2,3)23-16(21)19-12-8-10-14-9-6-7-11-15(14)22-18(4,5)13-20;2*1-13(2,10-15)16-12-8-4-3-6-11(12)7-5-9-14;1-4-15-11(14)12(2,3)16-10-8-6-5-7-9(10)13;1-4-14-9-12(2,3)15-11-8-6-5-7-10(11)13;7-5-3-1-2-4-6(5)8;1-4-9-5(7)6(2,3)8;1-2-3-4;/h6-7,9,11,20H,8,10,12-13H2,1-5H3,(H,19,21);3-4,6,8,15H,5,7,9-10,14H2,1-2H3;3-4,6,8,15H,9-10,14H2,1-2H3;5-8H,4H2,1-3H3;5-8H,4,9H2,1-3H3;1-4,8H;8H,4H2,1-3H3;1H,3-4H2;1H4. The second-order valence-corrected chi connectivity index (χ2v) is 31.0. The number of para-hydroxylation sites is 6. The SMILES string of the molecule is C.C#CCN.CC(C)(C)OC(=O)NCCCc1ccccc1OC(C)(C)CO.CC(C)(CO)Oc1ccccc1C#CCN.CC(C)(CO)Oc1ccccc1CCCN.CCOC(=O)C(C)(C)O.CCOC(=O)C(C)(C)Oc1ccccc1I.CCOCC(C)(C)Oc1ccccc1I.Oc1ccccc1I. The van der Waals surface area contributed by atoms with Crippen LogP contribution in [0, 0.1) is 34.9 Å². The molecule has 0 unspecified atom stereocenters. The number of nitrogens with two attached hydrogens (primary N) is 3. The number of aliphatic hydroxyl groups excluding tert-OH is 3. The van der Waals surface area contributed by atoms with Crippen molar-refractivity contribution in [3.8, 4) is 58.7 Å². The van der Waals surface area contributed by atoms with Crippen molar-refractivity contribution in [1.29, 1.82) is 0 Å². The largest absolute Gasteiger partial charge is 0.507 e. The van der Waals surface area contributed by atoms with E-state index in [1.165, 1.54) is 13.8 Å². The molecule has 0 atom stereocenters. The third kappa shape index (κ3) is 50.9. The summed E-state index contributed by atoms with van der Waals surface area (Å²) < 4.78 is 51.9. The summed E-state index contributed by atoms with van der Waals surface area (Å²) >= 11 is 6.51. The molecule has 6 rings (SSSR count). The molecular formula is C84H125I3N4O17. The van der Waals surface area contributed by atoms with Gasteiger partial charge in [0.1, 0.15) is 62.5 Å². The summed E-state index contributed by atoms with van der Waals surface area (Å²) in [5.41, 5.74) is 13.8. The number of esters is 2. The number of alkyl carbamates (subject to hydrolysis) is 1. The van der Waals surface area contributed by atoms with Gasteiger partial charge in [-0.2, -0.15) is 0 Å². The zero-order chi connectivity index (χ0) is 81.9. The predicted molar refractivity (Wildman–Crippen MR) is 460 cm³/mol. The number of terminal acetylenes is 1. The van der Waals surface area contributed by atoms with Crippen molar-refractivity contribution in [2.24, 2.45) is 17.2 Å². The maximum Gasteiger partial charge on any atom is 0.407 e. The Labute approximate surface area is 686 Å². The normalized spacial score (nSPS) is 10.8. The van der Waals surface area contributed by atoms with Crippen LogP contribution in [0.4, 0.5) is 4.79 Å². The number of carbonyl (C=O) groups is 3. The van der Waals surface area contributed by atoms with E-state index in [0.717, 1.165) is 76.9 Å². The summed E-state index contributed by atoms with van der Waals surface area (Å²) in [7, 11) is 0. The van der Waals surface area contributed by atoms with Crippen molar-refractivity contribution in [3.05, 3.63) is 173 Å². The van der Waals surface area contributed by atoms with Gasteiger partial charge in [0.05, 0.1) is 69.0 Å². The molecule has 108 heavy (non-hydrogen) atoms. The van der Waals surface area contributed by atoms with E-state index in [0.29, 0.717) is 63.2 Å². The second kappa shape index (κ2) is 56.5. The Balaban J connectivity index is -0.00000120. The topological polar surface area (TPSA) is 326 Å². The Hall–Kier alpha value is -6.68. The monoisotopic (exact) mass is 1840 g/mol. The van der Waals surface area contributed by atoms with Crippen molar-refractivity contribution in [2.45, 2.75) is 197 Å². The molecule has 6 aromatic carbocycles. The Morgan fingerprint density at radius 1 is 0.491 bits per heavy atom. The lowest BCUT2D eigenvalue weighted by Crippen LogP contribution is -2.39. The molecule has 1 amide bonds. The highest BCUT2D eigenvalue weighted by molar-refractivity contribution is 14.1. The van der Waals surface area contributed by atoms with Gasteiger partial charge < -0.3 is 90.7 Å². The number of aromatic hydroxyl groups is 1. The third-order valence-corrected chi connectivity index (χ3v) is 15.7. The number of phenols is 1. The number of carbonyl (C=O) groups excluding carboxylic acids is 3. The maximum absolute atomic E-state index is 11.6. The van der Waals surface area contributed by atoms with E-state index in [4.69, 9.17) is 70.4 Å². The number of amides is 1. The molecule has 0 saturated heterocycles. The number of aryl methyl sites for hydroxylation is 2. The zero-order valence-electron chi connectivity index (χ0n) is 66.0. The second-order valence-electron chi connectivity index (χ2n) is 27.5. The number of hydrogen-bond donors (Lipinski definition) is 9. The first-order valence-electron chi connectivity index (χ1n) is 35.1. The van der Waals surface area contributed by atoms with Gasteiger partial charge in [0, 0.05) is 13.2 Å². The highest BCUT2D eigenvalue weighted by Crippen LogP contribution is 2.29. The average Bonchev–Trinajstić information content (AvgIpc) is 0.869. The third-order valence-electron chi connectivity index (χ3n) is 13.0. The van der Waals surface area contributed by atoms with Crippen molar-refractivity contribution >= 4 is 85.8 Å². The molecule has 24 heteroatoms. The number of benzene rings is 6. The Morgan fingerprint density at radius 2 is 0.870 bits per heavy atom. The summed E-state index contributed by atoms with van der Waals surface area (Å²) in [4.78, 5) is 33.8. The molecule has 0 aliphatic heterocycles. The molecule has 21 nitrogen and oxygen atoms in total. The summed E-state index contributed by atoms with van der Waals surface area (Å²) in [5.74, 6) is 11.2. The maximum atomic E-state index is 11.6. The minimum absolute atomic E-state index is 0. The molecule has 0 heterocycles. The predicted octanol–water partition coefficient (Wildman–Crippen LogP) is 15.2. The minimum Gasteiger partial charge on any atom is -0.507 e. The average molecular weight is 1840 g/mol. The summed E-state index contributed by atoms with van der Waals surface area (Å²) in [6.45, 7) is 36.1. The lowest BCUT2D eigenvalue weighted by atomic mass is 10.1. The van der Waals surface area contributed by atoms with E-state index in [1.54, 1.807) is 39.8 Å². The lowest BCUT2D eigenvalue weighted by molar-refractivity contribution is -0.161. The zero-order valence-corrected chi connectivity index (χ0v) is 72.5. The highest BCUT2D eigenvalue weighted by Gasteiger charge is 2.32. The van der Waals surface area contributed by atoms with Crippen LogP contribution in [0.2, 0.25) is 0 Å². The quantitative estimate of drug-likeness (QED) is 0.00760. The fourth-order valence-electron chi connectivity index (χ4n) is 7.60. The van der Waals surface area contributed by atoms with E-state index >= 15 is 0 Å². The van der Waals surface area contributed by atoms with Gasteiger partial charge in [-0.15, -0.1) is 6.42 Å². The number of nitrogens with one attached hydrogen (secondary N) is 1. The Morgan fingerprint density at radius 3 is 1.24 bits per heavy atom.